The Kier molecular flexibility index (Phi) is 3.97. The van der Waals surface area contributed by atoms with Crippen molar-refractivity contribution in [3.63, 3.8) is 0 Å². The van der Waals surface area contributed by atoms with E-state index in [1.54, 1.807) is 0 Å². The summed E-state index contributed by atoms with van der Waals surface area (Å²) >= 11 is 0. The molecule has 1 N–H and O–H groups in total. The summed E-state index contributed by atoms with van der Waals surface area (Å²) in [5.41, 5.74) is 4.03. The molecular formula is C17H19N2O2+. The molecule has 0 fully saturated rings. The number of aryl methyl sites for hydroxylation is 1. The minimum absolute atomic E-state index is 0.135. The standard InChI is InChI=1S/C17H19N2O2/c1-2-19-14-8-4-3-7-13(14)18-17-15(19)9-5-10-16(17)21-12-6-11-20/h3-5,7-10,20H,2,6,11-12H2,1H3/q+1. The van der Waals surface area contributed by atoms with E-state index in [4.69, 9.17) is 14.8 Å². The minimum atomic E-state index is 0.135. The normalized spacial score (nSPS) is 11.1. The molecule has 2 aromatic carbocycles. The second-order valence-electron chi connectivity index (χ2n) is 4.89. The molecule has 4 nitrogen and oxygen atoms in total. The van der Waals surface area contributed by atoms with Crippen LogP contribution in [-0.4, -0.2) is 23.3 Å². The molecule has 3 aromatic rings. The number of ether oxygens (including phenoxy) is 1. The first-order chi connectivity index (χ1) is 10.3. The number of para-hydroxylation sites is 3. The van der Waals surface area contributed by atoms with Crippen LogP contribution in [-0.2, 0) is 6.54 Å². The predicted octanol–water partition coefficient (Wildman–Crippen LogP) is 2.46. The van der Waals surface area contributed by atoms with Crippen molar-refractivity contribution in [1.29, 1.82) is 0 Å². The summed E-state index contributed by atoms with van der Waals surface area (Å²) in [4.78, 5) is 4.76. The summed E-state index contributed by atoms with van der Waals surface area (Å²) in [6, 6.07) is 14.1. The van der Waals surface area contributed by atoms with E-state index in [2.05, 4.69) is 23.6 Å². The molecule has 0 saturated heterocycles. The van der Waals surface area contributed by atoms with Gasteiger partial charge in [0.1, 0.15) is 12.1 Å². The molecule has 0 aliphatic heterocycles. The van der Waals surface area contributed by atoms with Crippen LogP contribution in [0.5, 0.6) is 5.75 Å². The lowest BCUT2D eigenvalue weighted by molar-refractivity contribution is -0.641. The van der Waals surface area contributed by atoms with Crippen LogP contribution >= 0.6 is 0 Å². The van der Waals surface area contributed by atoms with Gasteiger partial charge in [-0.15, -0.1) is 0 Å². The van der Waals surface area contributed by atoms with Gasteiger partial charge in [0.15, 0.2) is 11.3 Å². The summed E-state index contributed by atoms with van der Waals surface area (Å²) in [5.74, 6) is 0.772. The van der Waals surface area contributed by atoms with Gasteiger partial charge in [-0.25, -0.2) is 4.98 Å². The third kappa shape index (κ3) is 2.54. The second-order valence-corrected chi connectivity index (χ2v) is 4.89. The van der Waals surface area contributed by atoms with Crippen molar-refractivity contribution in [2.45, 2.75) is 19.9 Å². The van der Waals surface area contributed by atoms with E-state index in [1.165, 1.54) is 0 Å². The molecule has 0 saturated carbocycles. The first kappa shape index (κ1) is 13.8. The van der Waals surface area contributed by atoms with Gasteiger partial charge < -0.3 is 9.84 Å². The fraction of sp³-hybridized carbons (Fsp3) is 0.294. The summed E-state index contributed by atoms with van der Waals surface area (Å²) in [7, 11) is 0. The van der Waals surface area contributed by atoms with E-state index in [0.29, 0.717) is 13.0 Å². The van der Waals surface area contributed by atoms with Gasteiger partial charge in [-0.1, -0.05) is 18.2 Å². The average molecular weight is 283 g/mol. The smallest absolute Gasteiger partial charge is 0.235 e. The van der Waals surface area contributed by atoms with Crippen LogP contribution in [0.25, 0.3) is 22.1 Å². The highest BCUT2D eigenvalue weighted by Crippen LogP contribution is 2.24. The number of benzene rings is 2. The van der Waals surface area contributed by atoms with Gasteiger partial charge in [0.25, 0.3) is 0 Å². The van der Waals surface area contributed by atoms with Crippen molar-refractivity contribution in [2.75, 3.05) is 13.2 Å². The molecule has 1 heterocycles. The van der Waals surface area contributed by atoms with E-state index in [-0.39, 0.29) is 6.61 Å². The molecule has 4 heteroatoms. The van der Waals surface area contributed by atoms with E-state index in [0.717, 1.165) is 34.4 Å². The Labute approximate surface area is 123 Å². The third-order valence-electron chi connectivity index (χ3n) is 3.55. The largest absolute Gasteiger partial charge is 0.491 e. The summed E-state index contributed by atoms with van der Waals surface area (Å²) in [6.07, 6.45) is 0.623. The van der Waals surface area contributed by atoms with Crippen molar-refractivity contribution in [1.82, 2.24) is 4.98 Å². The number of hydrogen-bond donors (Lipinski definition) is 1. The maximum Gasteiger partial charge on any atom is 0.235 e. The molecule has 0 amide bonds. The predicted molar refractivity (Wildman–Crippen MR) is 82.3 cm³/mol. The summed E-state index contributed by atoms with van der Waals surface area (Å²) in [5, 5.41) is 8.88. The molecule has 1 aromatic heterocycles. The lowest BCUT2D eigenvalue weighted by Crippen LogP contribution is -2.34. The van der Waals surface area contributed by atoms with E-state index in [1.807, 2.05) is 30.3 Å². The van der Waals surface area contributed by atoms with Crippen molar-refractivity contribution in [3.8, 4) is 5.75 Å². The highest BCUT2D eigenvalue weighted by molar-refractivity contribution is 5.85. The third-order valence-corrected chi connectivity index (χ3v) is 3.55. The molecule has 21 heavy (non-hydrogen) atoms. The van der Waals surface area contributed by atoms with E-state index >= 15 is 0 Å². The van der Waals surface area contributed by atoms with Crippen molar-refractivity contribution in [2.24, 2.45) is 0 Å². The Bertz CT molecular complexity index is 771. The lowest BCUT2D eigenvalue weighted by Gasteiger charge is -2.09. The van der Waals surface area contributed by atoms with Crippen LogP contribution in [0.1, 0.15) is 13.3 Å². The van der Waals surface area contributed by atoms with Crippen LogP contribution in [0.15, 0.2) is 42.5 Å². The summed E-state index contributed by atoms with van der Waals surface area (Å²) in [6.45, 7) is 3.64. The molecule has 0 aliphatic carbocycles. The number of rotatable bonds is 5. The van der Waals surface area contributed by atoms with Crippen LogP contribution in [0.2, 0.25) is 0 Å². The number of aromatic nitrogens is 2. The molecule has 108 valence electrons. The highest BCUT2D eigenvalue weighted by atomic mass is 16.5. The van der Waals surface area contributed by atoms with Gasteiger partial charge in [0.05, 0.1) is 6.61 Å². The molecule has 0 bridgehead atoms. The SMILES string of the molecule is CC[n+]1c2ccccc2nc2c(OCCCO)cccc21. The number of aliphatic hydroxyl groups is 1. The molecule has 0 atom stereocenters. The topological polar surface area (TPSA) is 46.2 Å². The zero-order valence-electron chi connectivity index (χ0n) is 12.1. The zero-order chi connectivity index (χ0) is 14.7. The maximum atomic E-state index is 8.88. The van der Waals surface area contributed by atoms with E-state index in [9.17, 15) is 0 Å². The van der Waals surface area contributed by atoms with Crippen LogP contribution in [0.3, 0.4) is 0 Å². The minimum Gasteiger partial charge on any atom is -0.491 e. The molecule has 0 aliphatic rings. The molecule has 0 spiro atoms. The van der Waals surface area contributed by atoms with Gasteiger partial charge in [-0.3, -0.25) is 0 Å². The van der Waals surface area contributed by atoms with Crippen molar-refractivity contribution < 1.29 is 14.4 Å². The van der Waals surface area contributed by atoms with Gasteiger partial charge in [0.2, 0.25) is 11.0 Å². The molecular weight excluding hydrogens is 264 g/mol. The van der Waals surface area contributed by atoms with Crippen LogP contribution in [0.4, 0.5) is 0 Å². The van der Waals surface area contributed by atoms with Gasteiger partial charge in [0, 0.05) is 25.2 Å². The Morgan fingerprint density at radius 2 is 1.90 bits per heavy atom. The molecule has 0 unspecified atom stereocenters. The molecule has 0 radical (unpaired) electrons. The highest BCUT2D eigenvalue weighted by Gasteiger charge is 2.17. The Morgan fingerprint density at radius 3 is 2.71 bits per heavy atom. The Balaban J connectivity index is 2.21. The van der Waals surface area contributed by atoms with Crippen molar-refractivity contribution >= 4 is 22.1 Å². The average Bonchev–Trinajstić information content (AvgIpc) is 2.53. The first-order valence-electron chi connectivity index (χ1n) is 7.30. The van der Waals surface area contributed by atoms with Crippen LogP contribution < -0.4 is 9.30 Å². The fourth-order valence-corrected chi connectivity index (χ4v) is 2.58. The van der Waals surface area contributed by atoms with Crippen LogP contribution in [0, 0.1) is 0 Å². The number of hydrogen-bond acceptors (Lipinski definition) is 3. The lowest BCUT2D eigenvalue weighted by atomic mass is 10.2. The number of nitrogens with zero attached hydrogens (tertiary/aromatic N) is 2. The number of fused-ring (bicyclic) bond motifs is 2. The maximum absolute atomic E-state index is 8.88. The van der Waals surface area contributed by atoms with Gasteiger partial charge in [-0.05, 0) is 19.1 Å². The van der Waals surface area contributed by atoms with Crippen molar-refractivity contribution in [3.05, 3.63) is 42.5 Å². The summed E-state index contributed by atoms with van der Waals surface area (Å²) < 4.78 is 8.02. The monoisotopic (exact) mass is 283 g/mol. The van der Waals surface area contributed by atoms with Gasteiger partial charge in [-0.2, -0.15) is 4.57 Å². The quantitative estimate of drug-likeness (QED) is 0.444. The first-order valence-corrected chi connectivity index (χ1v) is 7.30. The fourth-order valence-electron chi connectivity index (χ4n) is 2.58. The number of aliphatic hydroxyl groups excluding tert-OH is 1. The zero-order valence-corrected chi connectivity index (χ0v) is 12.1. The molecule has 3 rings (SSSR count). The second kappa shape index (κ2) is 6.06. The Morgan fingerprint density at radius 1 is 1.10 bits per heavy atom. The Hall–Kier alpha value is -2.20. The van der Waals surface area contributed by atoms with E-state index < -0.39 is 0 Å². The van der Waals surface area contributed by atoms with Gasteiger partial charge >= 0.3 is 0 Å².